The van der Waals surface area contributed by atoms with Gasteiger partial charge in [0.2, 0.25) is 0 Å². The lowest BCUT2D eigenvalue weighted by molar-refractivity contribution is -0.00225. The average Bonchev–Trinajstić information content (AvgIpc) is 3.32. The van der Waals surface area contributed by atoms with Crippen LogP contribution in [-0.2, 0) is 4.74 Å². The van der Waals surface area contributed by atoms with E-state index in [4.69, 9.17) is 9.84 Å². The molecule has 0 radical (unpaired) electrons. The first kappa shape index (κ1) is 23.1. The molecular formula is C24H36N4O3S. The Morgan fingerprint density at radius 1 is 1.09 bits per heavy atom. The lowest BCUT2D eigenvalue weighted by Crippen LogP contribution is -2.53. The van der Waals surface area contributed by atoms with Gasteiger partial charge in [-0.2, -0.15) is 5.10 Å². The highest BCUT2D eigenvalue weighted by molar-refractivity contribution is 7.20. The predicted molar refractivity (Wildman–Crippen MR) is 127 cm³/mol. The summed E-state index contributed by atoms with van der Waals surface area (Å²) in [6.07, 6.45) is 10.6. The van der Waals surface area contributed by atoms with Crippen molar-refractivity contribution >= 4 is 33.6 Å². The molecule has 2 saturated carbocycles. The molecule has 176 valence electrons. The SMILES string of the molecule is Cc1nn(C2CCCCC2)c2sc(C(=O)NN(C(=O)OC(C)(C)C)C3CCCCC3)cc12. The third kappa shape index (κ3) is 5.11. The summed E-state index contributed by atoms with van der Waals surface area (Å²) < 4.78 is 7.75. The highest BCUT2D eigenvalue weighted by atomic mass is 32.1. The number of aromatic nitrogens is 2. The molecule has 2 aromatic rings. The highest BCUT2D eigenvalue weighted by Gasteiger charge is 2.32. The molecule has 2 aromatic heterocycles. The number of carbonyl (C=O) groups excluding carboxylic acids is 2. The van der Waals surface area contributed by atoms with Gasteiger partial charge in [-0.25, -0.2) is 9.80 Å². The van der Waals surface area contributed by atoms with E-state index in [-0.39, 0.29) is 11.9 Å². The summed E-state index contributed by atoms with van der Waals surface area (Å²) in [5, 5.41) is 7.26. The lowest BCUT2D eigenvalue weighted by atomic mass is 9.95. The van der Waals surface area contributed by atoms with Crippen molar-refractivity contribution in [1.29, 1.82) is 0 Å². The number of nitrogens with zero attached hydrogens (tertiary/aromatic N) is 3. The smallest absolute Gasteiger partial charge is 0.429 e. The van der Waals surface area contributed by atoms with Crippen LogP contribution in [0.1, 0.15) is 106 Å². The number of ether oxygens (including phenoxy) is 1. The standard InChI is InChI=1S/C24H36N4O3S/c1-16-19-15-20(32-22(19)27(25-16)17-11-7-5-8-12-17)21(29)26-28(18-13-9-6-10-14-18)23(30)31-24(2,3)4/h15,17-18H,5-14H2,1-4H3,(H,26,29). The number of hydrogen-bond donors (Lipinski definition) is 1. The molecule has 0 aliphatic heterocycles. The summed E-state index contributed by atoms with van der Waals surface area (Å²) >= 11 is 1.47. The normalized spacial score (nSPS) is 18.6. The van der Waals surface area contributed by atoms with E-state index in [0.29, 0.717) is 10.9 Å². The Hall–Kier alpha value is -2.09. The highest BCUT2D eigenvalue weighted by Crippen LogP contribution is 2.35. The molecule has 2 amide bonds. The summed E-state index contributed by atoms with van der Waals surface area (Å²) in [6.45, 7) is 7.54. The topological polar surface area (TPSA) is 76.5 Å². The molecule has 0 aromatic carbocycles. The summed E-state index contributed by atoms with van der Waals surface area (Å²) in [7, 11) is 0. The van der Waals surface area contributed by atoms with Crippen LogP contribution < -0.4 is 5.43 Å². The van der Waals surface area contributed by atoms with Gasteiger partial charge in [0, 0.05) is 5.39 Å². The molecule has 0 unspecified atom stereocenters. The minimum absolute atomic E-state index is 0.0311. The maximum Gasteiger partial charge on any atom is 0.429 e. The third-order valence-corrected chi connectivity index (χ3v) is 7.59. The van der Waals surface area contributed by atoms with Crippen LogP contribution >= 0.6 is 11.3 Å². The Balaban J connectivity index is 1.56. The van der Waals surface area contributed by atoms with Gasteiger partial charge in [0.15, 0.2) is 0 Å². The van der Waals surface area contributed by atoms with E-state index in [0.717, 1.165) is 54.4 Å². The van der Waals surface area contributed by atoms with Gasteiger partial charge in [0.1, 0.15) is 10.4 Å². The van der Waals surface area contributed by atoms with Crippen molar-refractivity contribution in [3.05, 3.63) is 16.6 Å². The van der Waals surface area contributed by atoms with Crippen LogP contribution in [0.15, 0.2) is 6.07 Å². The fourth-order valence-corrected chi connectivity index (χ4v) is 5.98. The van der Waals surface area contributed by atoms with Crippen LogP contribution in [0.4, 0.5) is 4.79 Å². The molecule has 2 aliphatic rings. The zero-order chi connectivity index (χ0) is 22.9. The van der Waals surface area contributed by atoms with E-state index in [1.807, 2.05) is 33.8 Å². The van der Waals surface area contributed by atoms with Gasteiger partial charge in [-0.05, 0) is 59.4 Å². The molecule has 1 N–H and O–H groups in total. The van der Waals surface area contributed by atoms with Gasteiger partial charge in [-0.3, -0.25) is 14.9 Å². The summed E-state index contributed by atoms with van der Waals surface area (Å²) in [4.78, 5) is 27.9. The number of nitrogens with one attached hydrogen (secondary N) is 1. The number of fused-ring (bicyclic) bond motifs is 1. The molecule has 0 spiro atoms. The van der Waals surface area contributed by atoms with Crippen LogP contribution in [0.5, 0.6) is 0 Å². The molecule has 7 nitrogen and oxygen atoms in total. The van der Waals surface area contributed by atoms with E-state index in [9.17, 15) is 9.59 Å². The maximum absolute atomic E-state index is 13.3. The van der Waals surface area contributed by atoms with Crippen LogP contribution in [0.3, 0.4) is 0 Å². The first-order valence-electron chi connectivity index (χ1n) is 12.0. The quantitative estimate of drug-likeness (QED) is 0.559. The number of aryl methyl sites for hydroxylation is 1. The molecule has 32 heavy (non-hydrogen) atoms. The third-order valence-electron chi connectivity index (χ3n) is 6.46. The second-order valence-corrected chi connectivity index (χ2v) is 11.3. The molecule has 0 bridgehead atoms. The van der Waals surface area contributed by atoms with E-state index in [1.54, 1.807) is 0 Å². The van der Waals surface area contributed by atoms with Gasteiger partial charge in [-0.15, -0.1) is 11.3 Å². The molecule has 0 atom stereocenters. The predicted octanol–water partition coefficient (Wildman–Crippen LogP) is 6.13. The van der Waals surface area contributed by atoms with Gasteiger partial charge < -0.3 is 4.74 Å². The van der Waals surface area contributed by atoms with Crippen molar-refractivity contribution in [2.24, 2.45) is 0 Å². The number of carbonyl (C=O) groups is 2. The average molecular weight is 461 g/mol. The molecule has 0 saturated heterocycles. The van der Waals surface area contributed by atoms with Crippen LogP contribution in [0.2, 0.25) is 0 Å². The Morgan fingerprint density at radius 2 is 1.72 bits per heavy atom. The first-order valence-corrected chi connectivity index (χ1v) is 12.9. The monoisotopic (exact) mass is 460 g/mol. The van der Waals surface area contributed by atoms with Crippen LogP contribution in [-0.4, -0.2) is 38.4 Å². The second kappa shape index (κ2) is 9.41. The Kier molecular flexibility index (Phi) is 6.79. The van der Waals surface area contributed by atoms with Crippen LogP contribution in [0, 0.1) is 6.92 Å². The van der Waals surface area contributed by atoms with Gasteiger partial charge in [0.05, 0.1) is 22.7 Å². The van der Waals surface area contributed by atoms with Crippen molar-refractivity contribution in [2.75, 3.05) is 0 Å². The molecule has 8 heteroatoms. The number of hydrazine groups is 1. The minimum Gasteiger partial charge on any atom is -0.442 e. The van der Waals surface area contributed by atoms with Crippen molar-refractivity contribution in [2.45, 2.75) is 110 Å². The molecule has 4 rings (SSSR count). The summed E-state index contributed by atoms with van der Waals surface area (Å²) in [5.41, 5.74) is 3.23. The molecule has 2 aliphatic carbocycles. The summed E-state index contributed by atoms with van der Waals surface area (Å²) in [5.74, 6) is -0.253. The molecule has 2 fully saturated rings. The van der Waals surface area contributed by atoms with E-state index < -0.39 is 11.7 Å². The van der Waals surface area contributed by atoms with Crippen LogP contribution in [0.25, 0.3) is 10.2 Å². The number of hydrogen-bond acceptors (Lipinski definition) is 5. The Morgan fingerprint density at radius 3 is 2.34 bits per heavy atom. The summed E-state index contributed by atoms with van der Waals surface area (Å²) in [6, 6.07) is 2.30. The number of amides is 2. The van der Waals surface area contributed by atoms with Crippen molar-refractivity contribution in [3.8, 4) is 0 Å². The second-order valence-electron chi connectivity index (χ2n) is 10.2. The van der Waals surface area contributed by atoms with E-state index in [2.05, 4.69) is 10.1 Å². The number of rotatable bonds is 3. The fraction of sp³-hybridized carbons (Fsp3) is 0.708. The fourth-order valence-electron chi connectivity index (χ4n) is 4.86. The first-order chi connectivity index (χ1) is 15.2. The molecule has 2 heterocycles. The molecular weight excluding hydrogens is 424 g/mol. The van der Waals surface area contributed by atoms with Crippen molar-refractivity contribution in [3.63, 3.8) is 0 Å². The number of thiophene rings is 1. The van der Waals surface area contributed by atoms with E-state index in [1.165, 1.54) is 42.0 Å². The van der Waals surface area contributed by atoms with Gasteiger partial charge in [0.25, 0.3) is 5.91 Å². The maximum atomic E-state index is 13.3. The lowest BCUT2D eigenvalue weighted by Gasteiger charge is -2.35. The van der Waals surface area contributed by atoms with Crippen molar-refractivity contribution < 1.29 is 14.3 Å². The van der Waals surface area contributed by atoms with Gasteiger partial charge in [-0.1, -0.05) is 38.5 Å². The zero-order valence-electron chi connectivity index (χ0n) is 19.8. The Labute approximate surface area is 194 Å². The van der Waals surface area contributed by atoms with Gasteiger partial charge >= 0.3 is 6.09 Å². The zero-order valence-corrected chi connectivity index (χ0v) is 20.6. The minimum atomic E-state index is -0.618. The Bertz CT molecular complexity index is 962. The van der Waals surface area contributed by atoms with E-state index >= 15 is 0 Å². The largest absolute Gasteiger partial charge is 0.442 e. The van der Waals surface area contributed by atoms with Crippen molar-refractivity contribution in [1.82, 2.24) is 20.2 Å².